The molecule has 2 N–H and O–H groups in total. The topological polar surface area (TPSA) is 103 Å². The number of hydrogen-bond acceptors (Lipinski definition) is 6. The highest BCUT2D eigenvalue weighted by molar-refractivity contribution is 5.97. The van der Waals surface area contributed by atoms with Crippen molar-refractivity contribution in [2.45, 2.75) is 26.0 Å². The molecule has 0 aromatic heterocycles. The summed E-state index contributed by atoms with van der Waals surface area (Å²) < 4.78 is 15.5. The Morgan fingerprint density at radius 2 is 1.72 bits per heavy atom. The number of nitrogens with one attached hydrogen (secondary N) is 2. The molecule has 8 heteroatoms. The number of ether oxygens (including phenoxy) is 3. The van der Waals surface area contributed by atoms with Crippen molar-refractivity contribution in [3.05, 3.63) is 59.7 Å². The average molecular weight is 400 g/mol. The van der Waals surface area contributed by atoms with Gasteiger partial charge in [-0.1, -0.05) is 36.4 Å². The molecule has 0 saturated carbocycles. The zero-order valence-electron chi connectivity index (χ0n) is 16.6. The summed E-state index contributed by atoms with van der Waals surface area (Å²) in [5.41, 5.74) is 1.48. The molecule has 0 bridgehead atoms. The van der Waals surface area contributed by atoms with E-state index < -0.39 is 24.0 Å². The zero-order chi connectivity index (χ0) is 21.2. The maximum atomic E-state index is 12.2. The Kier molecular flexibility index (Phi) is 8.02. The number of esters is 1. The van der Waals surface area contributed by atoms with Gasteiger partial charge in [-0.05, 0) is 18.6 Å². The second kappa shape index (κ2) is 10.7. The van der Waals surface area contributed by atoms with Crippen LogP contribution in [-0.4, -0.2) is 38.2 Å². The Hall–Kier alpha value is -3.55. The highest BCUT2D eigenvalue weighted by atomic mass is 16.5. The van der Waals surface area contributed by atoms with Crippen LogP contribution >= 0.6 is 0 Å². The molecular formula is C21H24N2O6. The van der Waals surface area contributed by atoms with Gasteiger partial charge in [-0.3, -0.25) is 14.9 Å². The molecule has 0 heterocycles. The van der Waals surface area contributed by atoms with Crippen LogP contribution in [0.5, 0.6) is 11.5 Å². The van der Waals surface area contributed by atoms with Crippen molar-refractivity contribution >= 4 is 17.9 Å². The molecule has 0 aliphatic heterocycles. The third-order valence-corrected chi connectivity index (χ3v) is 4.04. The van der Waals surface area contributed by atoms with E-state index in [-0.39, 0.29) is 13.0 Å². The smallest absolute Gasteiger partial charge is 0.321 e. The van der Waals surface area contributed by atoms with Crippen LogP contribution < -0.4 is 20.1 Å². The molecule has 8 nitrogen and oxygen atoms in total. The number of amides is 3. The van der Waals surface area contributed by atoms with Crippen molar-refractivity contribution in [1.29, 1.82) is 0 Å². The summed E-state index contributed by atoms with van der Waals surface area (Å²) in [6, 6.07) is 13.6. The van der Waals surface area contributed by atoms with E-state index in [4.69, 9.17) is 14.2 Å². The number of rotatable bonds is 8. The molecule has 2 rings (SSSR count). The number of benzene rings is 2. The van der Waals surface area contributed by atoms with Gasteiger partial charge in [-0.25, -0.2) is 4.79 Å². The van der Waals surface area contributed by atoms with Gasteiger partial charge in [-0.15, -0.1) is 0 Å². The summed E-state index contributed by atoms with van der Waals surface area (Å²) in [4.78, 5) is 36.1. The first-order valence-corrected chi connectivity index (χ1v) is 8.96. The first-order valence-electron chi connectivity index (χ1n) is 8.96. The lowest BCUT2D eigenvalue weighted by atomic mass is 10.1. The minimum Gasteiger partial charge on any atom is -0.497 e. The van der Waals surface area contributed by atoms with Crippen molar-refractivity contribution in [2.24, 2.45) is 0 Å². The Morgan fingerprint density at radius 1 is 1.00 bits per heavy atom. The van der Waals surface area contributed by atoms with Gasteiger partial charge >= 0.3 is 12.0 Å². The maximum absolute atomic E-state index is 12.2. The average Bonchev–Trinajstić information content (AvgIpc) is 2.73. The maximum Gasteiger partial charge on any atom is 0.321 e. The lowest BCUT2D eigenvalue weighted by Gasteiger charge is -2.14. The Morgan fingerprint density at radius 3 is 2.38 bits per heavy atom. The molecule has 0 fully saturated rings. The highest BCUT2D eigenvalue weighted by Crippen LogP contribution is 2.25. The summed E-state index contributed by atoms with van der Waals surface area (Å²) in [6.07, 6.45) is -1.22. The van der Waals surface area contributed by atoms with Gasteiger partial charge in [0.1, 0.15) is 11.5 Å². The van der Waals surface area contributed by atoms with Gasteiger partial charge < -0.3 is 19.5 Å². The molecule has 0 aliphatic carbocycles. The number of methoxy groups -OCH3 is 2. The van der Waals surface area contributed by atoms with Gasteiger partial charge in [0.05, 0.1) is 20.6 Å². The minimum atomic E-state index is -1.13. The van der Waals surface area contributed by atoms with Gasteiger partial charge in [0.2, 0.25) is 0 Å². The molecule has 0 unspecified atom stereocenters. The van der Waals surface area contributed by atoms with Crippen molar-refractivity contribution in [3.8, 4) is 11.5 Å². The van der Waals surface area contributed by atoms with E-state index in [0.29, 0.717) is 17.1 Å². The van der Waals surface area contributed by atoms with Crippen molar-refractivity contribution in [3.63, 3.8) is 0 Å². The van der Waals surface area contributed by atoms with Gasteiger partial charge in [0.25, 0.3) is 5.91 Å². The predicted molar refractivity (Wildman–Crippen MR) is 106 cm³/mol. The Balaban J connectivity index is 1.82. The summed E-state index contributed by atoms with van der Waals surface area (Å²) in [5, 5.41) is 4.71. The molecule has 0 spiro atoms. The quantitative estimate of drug-likeness (QED) is 0.659. The summed E-state index contributed by atoms with van der Waals surface area (Å²) in [5.74, 6) is -0.279. The van der Waals surface area contributed by atoms with E-state index in [2.05, 4.69) is 10.6 Å². The highest BCUT2D eigenvalue weighted by Gasteiger charge is 2.21. The third kappa shape index (κ3) is 6.84. The van der Waals surface area contributed by atoms with E-state index in [9.17, 15) is 14.4 Å². The predicted octanol–water partition coefficient (Wildman–Crippen LogP) is 2.20. The SMILES string of the molecule is COc1ccc(CC(=O)O[C@H](C)C(=O)NC(=O)NCc2ccccc2)c(OC)c1. The second-order valence-corrected chi connectivity index (χ2v) is 6.14. The number of hydrogen-bond donors (Lipinski definition) is 2. The number of urea groups is 1. The largest absolute Gasteiger partial charge is 0.497 e. The van der Waals surface area contributed by atoms with Crippen molar-refractivity contribution < 1.29 is 28.6 Å². The molecule has 29 heavy (non-hydrogen) atoms. The van der Waals surface area contributed by atoms with E-state index >= 15 is 0 Å². The van der Waals surface area contributed by atoms with Crippen LogP contribution in [0.2, 0.25) is 0 Å². The zero-order valence-corrected chi connectivity index (χ0v) is 16.6. The fourth-order valence-electron chi connectivity index (χ4n) is 2.48. The molecule has 0 saturated heterocycles. The van der Waals surface area contributed by atoms with Crippen molar-refractivity contribution in [2.75, 3.05) is 14.2 Å². The molecule has 2 aromatic carbocycles. The summed E-state index contributed by atoms with van der Waals surface area (Å²) in [6.45, 7) is 1.66. The van der Waals surface area contributed by atoms with E-state index in [1.807, 2.05) is 30.3 Å². The van der Waals surface area contributed by atoms with E-state index in [1.54, 1.807) is 18.2 Å². The molecular weight excluding hydrogens is 376 g/mol. The van der Waals surface area contributed by atoms with Crippen LogP contribution in [0.15, 0.2) is 48.5 Å². The fourth-order valence-corrected chi connectivity index (χ4v) is 2.48. The Bertz CT molecular complexity index is 854. The lowest BCUT2D eigenvalue weighted by molar-refractivity contribution is -0.153. The first-order chi connectivity index (χ1) is 13.9. The van der Waals surface area contributed by atoms with Crippen LogP contribution in [0.3, 0.4) is 0 Å². The minimum absolute atomic E-state index is 0.0923. The monoisotopic (exact) mass is 400 g/mol. The molecule has 0 radical (unpaired) electrons. The summed E-state index contributed by atoms with van der Waals surface area (Å²) in [7, 11) is 3.01. The number of imide groups is 1. The molecule has 154 valence electrons. The summed E-state index contributed by atoms with van der Waals surface area (Å²) >= 11 is 0. The van der Waals surface area contributed by atoms with E-state index in [0.717, 1.165) is 5.56 Å². The number of carbonyl (C=O) groups excluding carboxylic acids is 3. The van der Waals surface area contributed by atoms with Gasteiger partial charge in [0, 0.05) is 18.2 Å². The van der Waals surface area contributed by atoms with Crippen LogP contribution in [0.4, 0.5) is 4.79 Å². The van der Waals surface area contributed by atoms with Crippen LogP contribution in [0, 0.1) is 0 Å². The second-order valence-electron chi connectivity index (χ2n) is 6.14. The van der Waals surface area contributed by atoms with Crippen molar-refractivity contribution in [1.82, 2.24) is 10.6 Å². The van der Waals surface area contributed by atoms with Gasteiger partial charge in [-0.2, -0.15) is 0 Å². The van der Waals surface area contributed by atoms with Crippen LogP contribution in [-0.2, 0) is 27.3 Å². The standard InChI is InChI=1S/C21H24N2O6/c1-14(20(25)23-21(26)22-13-15-7-5-4-6-8-15)29-19(24)11-16-9-10-17(27-2)12-18(16)28-3/h4-10,12,14H,11,13H2,1-3H3,(H2,22,23,25,26)/t14-/m1/s1. The normalized spacial score (nSPS) is 11.1. The molecule has 3 amide bonds. The molecule has 0 aliphatic rings. The Labute approximate surface area is 169 Å². The molecule has 2 aromatic rings. The number of carbonyl (C=O) groups is 3. The third-order valence-electron chi connectivity index (χ3n) is 4.04. The lowest BCUT2D eigenvalue weighted by Crippen LogP contribution is -2.44. The van der Waals surface area contributed by atoms with Gasteiger partial charge in [0.15, 0.2) is 6.10 Å². The van der Waals surface area contributed by atoms with Crippen LogP contribution in [0.25, 0.3) is 0 Å². The first kappa shape index (κ1) is 21.7. The molecule has 1 atom stereocenters. The van der Waals surface area contributed by atoms with Crippen LogP contribution in [0.1, 0.15) is 18.1 Å². The van der Waals surface area contributed by atoms with E-state index in [1.165, 1.54) is 21.1 Å². The fraction of sp³-hybridized carbons (Fsp3) is 0.286.